The van der Waals surface area contributed by atoms with Crippen molar-refractivity contribution in [3.63, 3.8) is 0 Å². The zero-order valence-corrected chi connectivity index (χ0v) is 16.9. The summed E-state index contributed by atoms with van der Waals surface area (Å²) in [6.07, 6.45) is 1.60. The van der Waals surface area contributed by atoms with E-state index < -0.39 is 17.0 Å². The van der Waals surface area contributed by atoms with Crippen molar-refractivity contribution in [1.82, 2.24) is 24.1 Å². The summed E-state index contributed by atoms with van der Waals surface area (Å²) in [5.74, 6) is -0.579. The number of rotatable bonds is 5. The molecule has 1 fully saturated rings. The molecule has 1 saturated carbocycles. The van der Waals surface area contributed by atoms with Gasteiger partial charge in [0, 0.05) is 11.4 Å². The van der Waals surface area contributed by atoms with Crippen LogP contribution in [-0.4, -0.2) is 35.7 Å². The van der Waals surface area contributed by atoms with Crippen molar-refractivity contribution in [2.24, 2.45) is 0 Å². The summed E-state index contributed by atoms with van der Waals surface area (Å²) in [4.78, 5) is 39.4. The van der Waals surface area contributed by atoms with E-state index >= 15 is 0 Å². The number of nitrogens with zero attached hydrogens (tertiary/aromatic N) is 4. The van der Waals surface area contributed by atoms with Crippen molar-refractivity contribution in [2.45, 2.75) is 31.0 Å². The van der Waals surface area contributed by atoms with Crippen LogP contribution in [0.2, 0.25) is 0 Å². The van der Waals surface area contributed by atoms with Crippen molar-refractivity contribution in [1.29, 1.82) is 0 Å². The van der Waals surface area contributed by atoms with Gasteiger partial charge in [-0.2, -0.15) is 0 Å². The van der Waals surface area contributed by atoms with Crippen LogP contribution in [0.5, 0.6) is 0 Å². The second kappa shape index (κ2) is 6.84. The first-order valence-electron chi connectivity index (χ1n) is 9.49. The third kappa shape index (κ3) is 2.91. The fourth-order valence-corrected chi connectivity index (χ4v) is 4.53. The molecule has 30 heavy (non-hydrogen) atoms. The molecule has 0 aliphatic heterocycles. The predicted octanol–water partition coefficient (Wildman–Crippen LogP) is 1.93. The first-order chi connectivity index (χ1) is 14.5. The molecule has 4 aromatic rings. The number of pyridine rings is 1. The molecular weight excluding hydrogens is 404 g/mol. The van der Waals surface area contributed by atoms with Gasteiger partial charge in [-0.1, -0.05) is 30.0 Å². The molecule has 1 aliphatic carbocycles. The minimum atomic E-state index is -0.757. The number of aromatic amines is 1. The molecule has 3 heterocycles. The largest absolute Gasteiger partial charge is 0.384 e. The third-order valence-electron chi connectivity index (χ3n) is 5.28. The number of benzene rings is 1. The number of nitrogens with two attached hydrogens (primary N) is 1. The fraction of sp³-hybridized carbons (Fsp3) is 0.250. The van der Waals surface area contributed by atoms with E-state index in [1.807, 2.05) is 41.7 Å². The number of thioether (sulfide) groups is 1. The van der Waals surface area contributed by atoms with Gasteiger partial charge in [0.25, 0.3) is 5.56 Å². The molecule has 0 radical (unpaired) electrons. The van der Waals surface area contributed by atoms with Gasteiger partial charge in [-0.15, -0.1) is 10.2 Å². The predicted molar refractivity (Wildman–Crippen MR) is 114 cm³/mol. The molecule has 0 bridgehead atoms. The summed E-state index contributed by atoms with van der Waals surface area (Å²) in [7, 11) is 0. The monoisotopic (exact) mass is 422 g/mol. The van der Waals surface area contributed by atoms with Crippen molar-refractivity contribution in [2.75, 3.05) is 11.5 Å². The molecule has 1 aliphatic rings. The number of nitrogen functional groups attached to an aromatic ring is 1. The number of carbonyl (C=O) groups is 1. The lowest BCUT2D eigenvalue weighted by molar-refractivity contribution is 0.102. The van der Waals surface area contributed by atoms with Crippen LogP contribution >= 0.6 is 11.8 Å². The lowest BCUT2D eigenvalue weighted by Gasteiger charge is -2.11. The minimum Gasteiger partial charge on any atom is -0.384 e. The van der Waals surface area contributed by atoms with Crippen LogP contribution < -0.4 is 17.0 Å². The van der Waals surface area contributed by atoms with Crippen LogP contribution in [0.15, 0.2) is 45.1 Å². The van der Waals surface area contributed by atoms with Gasteiger partial charge in [0.2, 0.25) is 0 Å². The Morgan fingerprint density at radius 1 is 1.27 bits per heavy atom. The van der Waals surface area contributed by atoms with Gasteiger partial charge in [-0.3, -0.25) is 23.5 Å². The van der Waals surface area contributed by atoms with Gasteiger partial charge in [-0.25, -0.2) is 4.79 Å². The minimum absolute atomic E-state index is 0.0522. The lowest BCUT2D eigenvalue weighted by Crippen LogP contribution is -2.36. The summed E-state index contributed by atoms with van der Waals surface area (Å²) >= 11 is 1.18. The molecule has 3 N–H and O–H groups in total. The lowest BCUT2D eigenvalue weighted by atomic mass is 10.1. The van der Waals surface area contributed by atoms with E-state index in [1.165, 1.54) is 16.3 Å². The van der Waals surface area contributed by atoms with Crippen LogP contribution in [0.3, 0.4) is 0 Å². The van der Waals surface area contributed by atoms with E-state index in [-0.39, 0.29) is 23.2 Å². The van der Waals surface area contributed by atoms with Gasteiger partial charge in [-0.05, 0) is 37.5 Å². The number of aryl methyl sites for hydroxylation is 1. The van der Waals surface area contributed by atoms with E-state index in [0.717, 1.165) is 29.3 Å². The first-order valence-corrected chi connectivity index (χ1v) is 10.5. The Morgan fingerprint density at radius 3 is 2.80 bits per heavy atom. The third-order valence-corrected chi connectivity index (χ3v) is 6.21. The highest BCUT2D eigenvalue weighted by atomic mass is 32.2. The van der Waals surface area contributed by atoms with Gasteiger partial charge in [0.15, 0.2) is 16.6 Å². The second-order valence-corrected chi connectivity index (χ2v) is 8.30. The average Bonchev–Trinajstić information content (AvgIpc) is 3.45. The zero-order valence-electron chi connectivity index (χ0n) is 16.1. The maximum absolute atomic E-state index is 12.8. The Labute approximate surface area is 173 Å². The maximum Gasteiger partial charge on any atom is 0.330 e. The molecule has 1 aromatic carbocycles. The molecule has 3 aromatic heterocycles. The molecule has 0 spiro atoms. The Hall–Kier alpha value is -3.40. The standard InChI is InChI=1S/C20H18N6O3S/c1-10-8-15-23-24-20(26(15)13-5-3-2-4-12(10)13)30-9-14(27)16-17(21)25(11-6-7-11)19(29)22-18(16)28/h2-5,8,11H,6-7,9,21H2,1H3,(H,22,28,29). The number of para-hydroxylation sites is 1. The van der Waals surface area contributed by atoms with Crippen LogP contribution in [0.1, 0.15) is 34.8 Å². The molecule has 0 atom stereocenters. The van der Waals surface area contributed by atoms with Gasteiger partial charge in [0.05, 0.1) is 11.3 Å². The summed E-state index contributed by atoms with van der Waals surface area (Å²) < 4.78 is 3.20. The molecule has 152 valence electrons. The zero-order chi connectivity index (χ0) is 21.0. The number of H-pyrrole nitrogens is 1. The molecule has 0 amide bonds. The van der Waals surface area contributed by atoms with Crippen LogP contribution in [0.25, 0.3) is 16.6 Å². The number of fused-ring (bicyclic) bond motifs is 3. The van der Waals surface area contributed by atoms with Gasteiger partial charge >= 0.3 is 5.69 Å². The summed E-state index contributed by atoms with van der Waals surface area (Å²) in [6, 6.07) is 9.77. The van der Waals surface area contributed by atoms with Crippen LogP contribution in [-0.2, 0) is 0 Å². The Balaban J connectivity index is 1.51. The number of nitrogens with one attached hydrogen (secondary N) is 1. The van der Waals surface area contributed by atoms with E-state index in [0.29, 0.717) is 10.8 Å². The molecule has 9 nitrogen and oxygen atoms in total. The highest BCUT2D eigenvalue weighted by Crippen LogP contribution is 2.35. The quantitative estimate of drug-likeness (QED) is 0.371. The molecular formula is C20H18N6O3S. The van der Waals surface area contributed by atoms with E-state index in [9.17, 15) is 14.4 Å². The van der Waals surface area contributed by atoms with Crippen molar-refractivity contribution in [3.05, 3.63) is 62.3 Å². The van der Waals surface area contributed by atoms with Crippen molar-refractivity contribution >= 4 is 39.9 Å². The highest BCUT2D eigenvalue weighted by molar-refractivity contribution is 7.99. The van der Waals surface area contributed by atoms with Crippen LogP contribution in [0, 0.1) is 6.92 Å². The fourth-order valence-electron chi connectivity index (χ4n) is 3.70. The molecule has 0 unspecified atom stereocenters. The Morgan fingerprint density at radius 2 is 2.03 bits per heavy atom. The number of aromatic nitrogens is 5. The number of hydrogen-bond donors (Lipinski definition) is 2. The number of ketones is 1. The number of carbonyl (C=O) groups excluding carboxylic acids is 1. The second-order valence-electron chi connectivity index (χ2n) is 7.35. The van der Waals surface area contributed by atoms with Crippen molar-refractivity contribution < 1.29 is 4.79 Å². The van der Waals surface area contributed by atoms with Crippen molar-refractivity contribution in [3.8, 4) is 0 Å². The number of hydrogen-bond acceptors (Lipinski definition) is 7. The molecule has 5 rings (SSSR count). The molecule has 10 heteroatoms. The van der Waals surface area contributed by atoms with E-state index in [1.54, 1.807) is 0 Å². The summed E-state index contributed by atoms with van der Waals surface area (Å²) in [5, 5.41) is 10.0. The molecule has 0 saturated heterocycles. The summed E-state index contributed by atoms with van der Waals surface area (Å²) in [6.45, 7) is 2.01. The number of Topliss-reactive ketones (excluding diaryl/α,β-unsaturated/α-hetero) is 1. The Kier molecular flexibility index (Phi) is 4.24. The summed E-state index contributed by atoms with van der Waals surface area (Å²) in [5.41, 5.74) is 7.23. The topological polar surface area (TPSA) is 128 Å². The SMILES string of the molecule is Cc1cc2nnc(SCC(=O)c3c(N)n(C4CC4)c(=O)[nH]c3=O)n2c2ccccc12. The highest BCUT2D eigenvalue weighted by Gasteiger charge is 2.30. The number of anilines is 1. The van der Waals surface area contributed by atoms with Crippen LogP contribution in [0.4, 0.5) is 5.82 Å². The van der Waals surface area contributed by atoms with Gasteiger partial charge < -0.3 is 5.73 Å². The smallest absolute Gasteiger partial charge is 0.330 e. The maximum atomic E-state index is 12.8. The van der Waals surface area contributed by atoms with E-state index in [2.05, 4.69) is 15.2 Å². The Bertz CT molecular complexity index is 1450. The van der Waals surface area contributed by atoms with Gasteiger partial charge in [0.1, 0.15) is 11.4 Å². The first kappa shape index (κ1) is 18.6. The average molecular weight is 422 g/mol. The van der Waals surface area contributed by atoms with E-state index in [4.69, 9.17) is 5.73 Å². The normalized spacial score (nSPS) is 13.9.